The molecule has 0 saturated heterocycles. The molecule has 116 valence electrons. The fourth-order valence-corrected chi connectivity index (χ4v) is 2.62. The molecule has 0 radical (unpaired) electrons. The zero-order valence-electron chi connectivity index (χ0n) is 12.7. The highest BCUT2D eigenvalue weighted by Crippen LogP contribution is 2.18. The summed E-state index contributed by atoms with van der Waals surface area (Å²) in [5.41, 5.74) is 3.76. The van der Waals surface area contributed by atoms with Gasteiger partial charge in [0.15, 0.2) is 0 Å². The summed E-state index contributed by atoms with van der Waals surface area (Å²) in [6.45, 7) is 3.92. The Morgan fingerprint density at radius 2 is 1.64 bits per heavy atom. The first kappa shape index (κ1) is 16.0. The van der Waals surface area contributed by atoms with E-state index in [0.29, 0.717) is 11.3 Å². The van der Waals surface area contributed by atoms with E-state index in [0.717, 1.165) is 23.1 Å². The molecule has 0 aliphatic heterocycles. The van der Waals surface area contributed by atoms with E-state index in [1.807, 2.05) is 32.0 Å². The molecule has 0 unspecified atom stereocenters. The SMILES string of the molecule is Cc1ccc(NC(=O)c2ccc(NS(C)(=O)=O)cc2)c(C)c1. The molecule has 0 spiro atoms. The van der Waals surface area contributed by atoms with Crippen LogP contribution < -0.4 is 10.0 Å². The molecule has 6 heteroatoms. The zero-order valence-corrected chi connectivity index (χ0v) is 13.5. The number of rotatable bonds is 4. The van der Waals surface area contributed by atoms with Gasteiger partial charge >= 0.3 is 0 Å². The van der Waals surface area contributed by atoms with Crippen LogP contribution in [0.1, 0.15) is 21.5 Å². The third kappa shape index (κ3) is 4.33. The Balaban J connectivity index is 2.13. The van der Waals surface area contributed by atoms with Gasteiger partial charge < -0.3 is 5.32 Å². The van der Waals surface area contributed by atoms with Crippen molar-refractivity contribution in [3.63, 3.8) is 0 Å². The number of nitrogens with one attached hydrogen (secondary N) is 2. The Labute approximate surface area is 130 Å². The Morgan fingerprint density at radius 1 is 1.00 bits per heavy atom. The van der Waals surface area contributed by atoms with Crippen LogP contribution in [0.5, 0.6) is 0 Å². The van der Waals surface area contributed by atoms with Crippen LogP contribution in [-0.4, -0.2) is 20.6 Å². The molecular weight excluding hydrogens is 300 g/mol. The Kier molecular flexibility index (Phi) is 4.51. The van der Waals surface area contributed by atoms with Crippen molar-refractivity contribution < 1.29 is 13.2 Å². The first-order chi connectivity index (χ1) is 10.2. The Morgan fingerprint density at radius 3 is 2.18 bits per heavy atom. The lowest BCUT2D eigenvalue weighted by Gasteiger charge is -2.10. The molecule has 2 rings (SSSR count). The van der Waals surface area contributed by atoms with Crippen molar-refractivity contribution in [1.29, 1.82) is 0 Å². The summed E-state index contributed by atoms with van der Waals surface area (Å²) in [5, 5.41) is 2.84. The number of carbonyl (C=O) groups excluding carboxylic acids is 1. The van der Waals surface area contributed by atoms with Gasteiger partial charge in [0.05, 0.1) is 6.26 Å². The molecule has 0 fully saturated rings. The van der Waals surface area contributed by atoms with Crippen LogP contribution in [-0.2, 0) is 10.0 Å². The van der Waals surface area contributed by atoms with Crippen LogP contribution in [0, 0.1) is 13.8 Å². The van der Waals surface area contributed by atoms with Gasteiger partial charge in [-0.25, -0.2) is 8.42 Å². The Bertz CT molecular complexity index is 797. The van der Waals surface area contributed by atoms with Crippen molar-refractivity contribution in [2.75, 3.05) is 16.3 Å². The van der Waals surface area contributed by atoms with E-state index in [-0.39, 0.29) is 5.91 Å². The molecule has 0 aromatic heterocycles. The molecule has 0 atom stereocenters. The smallest absolute Gasteiger partial charge is 0.255 e. The van der Waals surface area contributed by atoms with Gasteiger partial charge in [0.25, 0.3) is 5.91 Å². The van der Waals surface area contributed by atoms with E-state index in [1.54, 1.807) is 24.3 Å². The number of sulfonamides is 1. The quantitative estimate of drug-likeness (QED) is 0.910. The number of amides is 1. The van der Waals surface area contributed by atoms with Crippen molar-refractivity contribution in [1.82, 2.24) is 0 Å². The maximum atomic E-state index is 12.2. The number of benzene rings is 2. The van der Waals surface area contributed by atoms with Gasteiger partial charge in [0, 0.05) is 16.9 Å². The van der Waals surface area contributed by atoms with Gasteiger partial charge in [-0.2, -0.15) is 0 Å². The molecule has 2 aromatic carbocycles. The predicted molar refractivity (Wildman–Crippen MR) is 88.8 cm³/mol. The first-order valence-electron chi connectivity index (χ1n) is 6.71. The topological polar surface area (TPSA) is 75.3 Å². The number of aryl methyl sites for hydroxylation is 2. The zero-order chi connectivity index (χ0) is 16.3. The van der Waals surface area contributed by atoms with E-state index in [1.165, 1.54) is 0 Å². The third-order valence-corrected chi connectivity index (χ3v) is 3.69. The van der Waals surface area contributed by atoms with E-state index in [4.69, 9.17) is 0 Å². The van der Waals surface area contributed by atoms with Crippen LogP contribution in [0.4, 0.5) is 11.4 Å². The van der Waals surface area contributed by atoms with Gasteiger partial charge in [0.2, 0.25) is 10.0 Å². The normalized spacial score (nSPS) is 11.0. The minimum Gasteiger partial charge on any atom is -0.322 e. The second-order valence-corrected chi connectivity index (χ2v) is 6.97. The number of hydrogen-bond acceptors (Lipinski definition) is 3. The fourth-order valence-electron chi connectivity index (χ4n) is 2.05. The van der Waals surface area contributed by atoms with Gasteiger partial charge in [-0.05, 0) is 49.7 Å². The summed E-state index contributed by atoms with van der Waals surface area (Å²) >= 11 is 0. The molecular formula is C16H18N2O3S. The van der Waals surface area contributed by atoms with E-state index >= 15 is 0 Å². The molecule has 0 saturated carbocycles. The van der Waals surface area contributed by atoms with Gasteiger partial charge in [-0.1, -0.05) is 17.7 Å². The summed E-state index contributed by atoms with van der Waals surface area (Å²) in [6.07, 6.45) is 1.08. The van der Waals surface area contributed by atoms with Crippen molar-refractivity contribution >= 4 is 27.3 Å². The highest BCUT2D eigenvalue weighted by atomic mass is 32.2. The maximum absolute atomic E-state index is 12.2. The summed E-state index contributed by atoms with van der Waals surface area (Å²) in [7, 11) is -3.32. The number of hydrogen-bond donors (Lipinski definition) is 2. The molecule has 2 N–H and O–H groups in total. The predicted octanol–water partition coefficient (Wildman–Crippen LogP) is 2.93. The molecule has 1 amide bonds. The van der Waals surface area contributed by atoms with E-state index in [2.05, 4.69) is 10.0 Å². The molecule has 0 heterocycles. The average Bonchev–Trinajstić information content (AvgIpc) is 2.41. The standard InChI is InChI=1S/C16H18N2O3S/c1-11-4-9-15(12(2)10-11)17-16(19)13-5-7-14(8-6-13)18-22(3,20)21/h4-10,18H,1-3H3,(H,17,19). The lowest BCUT2D eigenvalue weighted by molar-refractivity contribution is 0.102. The van der Waals surface area contributed by atoms with Crippen molar-refractivity contribution in [2.45, 2.75) is 13.8 Å². The largest absolute Gasteiger partial charge is 0.322 e. The summed E-state index contributed by atoms with van der Waals surface area (Å²) in [5.74, 6) is -0.238. The molecule has 2 aromatic rings. The monoisotopic (exact) mass is 318 g/mol. The molecule has 0 aliphatic carbocycles. The van der Waals surface area contributed by atoms with Crippen molar-refractivity contribution in [3.8, 4) is 0 Å². The lowest BCUT2D eigenvalue weighted by atomic mass is 10.1. The maximum Gasteiger partial charge on any atom is 0.255 e. The van der Waals surface area contributed by atoms with Crippen LogP contribution in [0.15, 0.2) is 42.5 Å². The number of anilines is 2. The molecule has 5 nitrogen and oxygen atoms in total. The van der Waals surface area contributed by atoms with Crippen LogP contribution in [0.3, 0.4) is 0 Å². The summed E-state index contributed by atoms with van der Waals surface area (Å²) < 4.78 is 24.6. The van der Waals surface area contributed by atoms with Gasteiger partial charge in [-0.3, -0.25) is 9.52 Å². The fraction of sp³-hybridized carbons (Fsp3) is 0.188. The molecule has 0 aliphatic rings. The summed E-state index contributed by atoms with van der Waals surface area (Å²) in [4.78, 5) is 12.2. The van der Waals surface area contributed by atoms with Crippen molar-refractivity contribution in [3.05, 3.63) is 59.2 Å². The lowest BCUT2D eigenvalue weighted by Crippen LogP contribution is -2.13. The van der Waals surface area contributed by atoms with Crippen LogP contribution in [0.25, 0.3) is 0 Å². The summed E-state index contributed by atoms with van der Waals surface area (Å²) in [6, 6.07) is 12.0. The first-order valence-corrected chi connectivity index (χ1v) is 8.60. The van der Waals surface area contributed by atoms with E-state index in [9.17, 15) is 13.2 Å². The van der Waals surface area contributed by atoms with Crippen LogP contribution in [0.2, 0.25) is 0 Å². The highest BCUT2D eigenvalue weighted by Gasteiger charge is 2.08. The second kappa shape index (κ2) is 6.19. The number of carbonyl (C=O) groups is 1. The molecule has 0 bridgehead atoms. The Hall–Kier alpha value is -2.34. The minimum atomic E-state index is -3.32. The minimum absolute atomic E-state index is 0.238. The molecule has 22 heavy (non-hydrogen) atoms. The van der Waals surface area contributed by atoms with Crippen LogP contribution >= 0.6 is 0 Å². The average molecular weight is 318 g/mol. The van der Waals surface area contributed by atoms with Gasteiger partial charge in [0.1, 0.15) is 0 Å². The highest BCUT2D eigenvalue weighted by molar-refractivity contribution is 7.92. The van der Waals surface area contributed by atoms with E-state index < -0.39 is 10.0 Å². The van der Waals surface area contributed by atoms with Gasteiger partial charge in [-0.15, -0.1) is 0 Å². The van der Waals surface area contributed by atoms with Crippen molar-refractivity contribution in [2.24, 2.45) is 0 Å². The third-order valence-electron chi connectivity index (χ3n) is 3.08. The second-order valence-electron chi connectivity index (χ2n) is 5.22.